The van der Waals surface area contributed by atoms with E-state index in [1.165, 1.54) is 0 Å². The van der Waals surface area contributed by atoms with Crippen LogP contribution in [0.25, 0.3) is 0 Å². The van der Waals surface area contributed by atoms with Gasteiger partial charge in [-0.1, -0.05) is 30.3 Å². The molecule has 0 aliphatic carbocycles. The van der Waals surface area contributed by atoms with Crippen molar-refractivity contribution in [2.45, 2.75) is 6.23 Å². The van der Waals surface area contributed by atoms with E-state index in [1.807, 2.05) is 6.07 Å². The molecule has 0 spiro atoms. The predicted octanol–water partition coefficient (Wildman–Crippen LogP) is 0.960. The molecule has 0 bridgehead atoms. The van der Waals surface area contributed by atoms with E-state index in [9.17, 15) is 0 Å². The maximum Gasteiger partial charge on any atom is 0.143 e. The molecule has 0 aliphatic rings. The summed E-state index contributed by atoms with van der Waals surface area (Å²) in [6, 6.07) is 8.89. The molecule has 2 heteroatoms. The number of rotatable bonds is 1. The Balaban J connectivity index is 2.85. The smallest absolute Gasteiger partial charge is 0.143 e. The molecule has 0 aliphatic heterocycles. The lowest BCUT2D eigenvalue weighted by Gasteiger charge is -1.99. The van der Waals surface area contributed by atoms with Crippen molar-refractivity contribution in [3.8, 4) is 0 Å². The average molecular weight is 122 g/mol. The lowest BCUT2D eigenvalue weighted by atomic mass is 10.2. The highest BCUT2D eigenvalue weighted by molar-refractivity contribution is 5.15. The lowest BCUT2D eigenvalue weighted by molar-refractivity contribution is 0.178. The average Bonchev–Trinajstić information content (AvgIpc) is 1.90. The summed E-state index contributed by atoms with van der Waals surface area (Å²) in [5.74, 6) is 0. The van der Waals surface area contributed by atoms with Gasteiger partial charge in [0.25, 0.3) is 0 Å². The second-order valence-corrected chi connectivity index (χ2v) is 1.81. The van der Waals surface area contributed by atoms with Gasteiger partial charge >= 0.3 is 0 Å². The van der Waals surface area contributed by atoms with Gasteiger partial charge in [-0.15, -0.1) is 0 Å². The predicted molar refractivity (Wildman–Crippen MR) is 34.5 cm³/mol. The number of aliphatic hydroxyl groups is 1. The van der Waals surface area contributed by atoms with Gasteiger partial charge in [-0.25, -0.2) is 5.73 Å². The third kappa shape index (κ3) is 1.52. The Morgan fingerprint density at radius 3 is 2.11 bits per heavy atom. The van der Waals surface area contributed by atoms with E-state index in [0.29, 0.717) is 5.56 Å². The summed E-state index contributed by atoms with van der Waals surface area (Å²) in [6.07, 6.45) is -1.09. The van der Waals surface area contributed by atoms with Gasteiger partial charge in [0.05, 0.1) is 0 Å². The molecule has 2 N–H and O–H groups in total. The fraction of sp³-hybridized carbons (Fsp3) is 0.143. The van der Waals surface area contributed by atoms with E-state index in [1.54, 1.807) is 24.3 Å². The van der Waals surface area contributed by atoms with Crippen molar-refractivity contribution in [2.24, 2.45) is 0 Å². The van der Waals surface area contributed by atoms with Crippen molar-refractivity contribution < 1.29 is 5.11 Å². The van der Waals surface area contributed by atoms with Crippen LogP contribution in [-0.2, 0) is 0 Å². The highest BCUT2D eigenvalue weighted by Gasteiger charge is 1.96. The van der Waals surface area contributed by atoms with Crippen LogP contribution in [0.2, 0.25) is 0 Å². The SMILES string of the molecule is [NH]C(O)c1ccccc1. The quantitative estimate of drug-likeness (QED) is 0.592. The second kappa shape index (κ2) is 2.62. The molecule has 1 atom stereocenters. The van der Waals surface area contributed by atoms with Gasteiger partial charge in [-0.2, -0.15) is 0 Å². The zero-order valence-corrected chi connectivity index (χ0v) is 4.91. The maximum absolute atomic E-state index is 8.69. The number of benzene rings is 1. The third-order valence-corrected chi connectivity index (χ3v) is 1.12. The van der Waals surface area contributed by atoms with E-state index in [2.05, 4.69) is 0 Å². The number of hydrogen-bond acceptors (Lipinski definition) is 1. The molecule has 2 nitrogen and oxygen atoms in total. The minimum Gasteiger partial charge on any atom is -0.373 e. The molecule has 0 aromatic heterocycles. The molecule has 9 heavy (non-hydrogen) atoms. The molecule has 0 fully saturated rings. The molecular formula is C7H8NO. The van der Waals surface area contributed by atoms with Crippen LogP contribution in [-0.4, -0.2) is 5.11 Å². The number of aliphatic hydroxyl groups excluding tert-OH is 1. The first-order valence-corrected chi connectivity index (χ1v) is 2.75. The van der Waals surface area contributed by atoms with Gasteiger partial charge < -0.3 is 5.11 Å². The molecule has 0 amide bonds. The summed E-state index contributed by atoms with van der Waals surface area (Å²) in [5, 5.41) is 8.69. The second-order valence-electron chi connectivity index (χ2n) is 1.81. The molecule has 1 aromatic rings. The van der Waals surface area contributed by atoms with Gasteiger partial charge in [-0.3, -0.25) is 0 Å². The monoisotopic (exact) mass is 122 g/mol. The summed E-state index contributed by atoms with van der Waals surface area (Å²) in [6.45, 7) is 0. The van der Waals surface area contributed by atoms with Crippen LogP contribution >= 0.6 is 0 Å². The summed E-state index contributed by atoms with van der Waals surface area (Å²) in [7, 11) is 0. The van der Waals surface area contributed by atoms with Crippen molar-refractivity contribution in [3.05, 3.63) is 35.9 Å². The van der Waals surface area contributed by atoms with Crippen molar-refractivity contribution in [2.75, 3.05) is 0 Å². The Hall–Kier alpha value is -0.860. The molecule has 1 rings (SSSR count). The van der Waals surface area contributed by atoms with Crippen LogP contribution in [0.4, 0.5) is 0 Å². The summed E-state index contributed by atoms with van der Waals surface area (Å²) in [5.41, 5.74) is 7.51. The topological polar surface area (TPSA) is 44.0 Å². The Bertz CT molecular complexity index is 172. The van der Waals surface area contributed by atoms with Crippen molar-refractivity contribution in [3.63, 3.8) is 0 Å². The molecule has 47 valence electrons. The molecular weight excluding hydrogens is 114 g/mol. The van der Waals surface area contributed by atoms with Crippen LogP contribution in [0.15, 0.2) is 30.3 Å². The first kappa shape index (κ1) is 6.26. The largest absolute Gasteiger partial charge is 0.373 e. The Labute approximate surface area is 53.9 Å². The zero-order chi connectivity index (χ0) is 6.69. The minimum absolute atomic E-state index is 0.637. The van der Waals surface area contributed by atoms with E-state index in [0.717, 1.165) is 0 Å². The van der Waals surface area contributed by atoms with E-state index in [-0.39, 0.29) is 0 Å². The summed E-state index contributed by atoms with van der Waals surface area (Å²) < 4.78 is 0. The van der Waals surface area contributed by atoms with Crippen LogP contribution < -0.4 is 5.73 Å². The molecule has 1 radical (unpaired) electrons. The summed E-state index contributed by atoms with van der Waals surface area (Å²) in [4.78, 5) is 0. The van der Waals surface area contributed by atoms with E-state index < -0.39 is 6.23 Å². The van der Waals surface area contributed by atoms with Gasteiger partial charge in [0.1, 0.15) is 6.23 Å². The fourth-order valence-electron chi connectivity index (χ4n) is 0.635. The lowest BCUT2D eigenvalue weighted by Crippen LogP contribution is -1.95. The molecule has 0 heterocycles. The van der Waals surface area contributed by atoms with Gasteiger partial charge in [0, 0.05) is 0 Å². The van der Waals surface area contributed by atoms with Gasteiger partial charge in [-0.05, 0) is 5.56 Å². The first-order valence-electron chi connectivity index (χ1n) is 2.75. The van der Waals surface area contributed by atoms with E-state index >= 15 is 0 Å². The highest BCUT2D eigenvalue weighted by Crippen LogP contribution is 2.05. The Kier molecular flexibility index (Phi) is 1.82. The standard InChI is InChI=1S/C7H8NO/c8-7(9)6-4-2-1-3-5-6/h1-5,7-9H. The van der Waals surface area contributed by atoms with Crippen LogP contribution in [0.5, 0.6) is 0 Å². The summed E-state index contributed by atoms with van der Waals surface area (Å²) >= 11 is 0. The zero-order valence-electron chi connectivity index (χ0n) is 4.91. The maximum atomic E-state index is 8.69. The fourth-order valence-corrected chi connectivity index (χ4v) is 0.635. The number of hydrogen-bond donors (Lipinski definition) is 1. The van der Waals surface area contributed by atoms with Crippen molar-refractivity contribution in [1.82, 2.24) is 5.73 Å². The first-order chi connectivity index (χ1) is 4.30. The Morgan fingerprint density at radius 2 is 1.78 bits per heavy atom. The molecule has 0 saturated heterocycles. The highest BCUT2D eigenvalue weighted by atomic mass is 16.3. The molecule has 1 aromatic carbocycles. The molecule has 1 unspecified atom stereocenters. The third-order valence-electron chi connectivity index (χ3n) is 1.12. The van der Waals surface area contributed by atoms with Crippen molar-refractivity contribution >= 4 is 0 Å². The Morgan fingerprint density at radius 1 is 1.22 bits per heavy atom. The molecule has 0 saturated carbocycles. The number of nitrogens with one attached hydrogen (secondary N) is 1. The van der Waals surface area contributed by atoms with Gasteiger partial charge in [0.2, 0.25) is 0 Å². The van der Waals surface area contributed by atoms with Crippen LogP contribution in [0.1, 0.15) is 11.8 Å². The van der Waals surface area contributed by atoms with Crippen molar-refractivity contribution in [1.29, 1.82) is 0 Å². The van der Waals surface area contributed by atoms with Crippen LogP contribution in [0, 0.1) is 0 Å². The normalized spacial score (nSPS) is 13.1. The minimum atomic E-state index is -1.09. The van der Waals surface area contributed by atoms with E-state index in [4.69, 9.17) is 10.8 Å². The van der Waals surface area contributed by atoms with Crippen LogP contribution in [0.3, 0.4) is 0 Å². The van der Waals surface area contributed by atoms with Gasteiger partial charge in [0.15, 0.2) is 0 Å².